The fourth-order valence-electron chi connectivity index (χ4n) is 3.92. The van der Waals surface area contributed by atoms with Crippen LogP contribution in [0, 0.1) is 11.6 Å². The predicted octanol–water partition coefficient (Wildman–Crippen LogP) is 3.86. The van der Waals surface area contributed by atoms with Crippen molar-refractivity contribution < 1.29 is 41.3 Å². The van der Waals surface area contributed by atoms with Crippen molar-refractivity contribution in [1.82, 2.24) is 20.2 Å². The Hall–Kier alpha value is -3.49. The summed E-state index contributed by atoms with van der Waals surface area (Å²) in [5.41, 5.74) is -2.83. The van der Waals surface area contributed by atoms with Gasteiger partial charge < -0.3 is 30.2 Å². The molecule has 0 radical (unpaired) electrons. The minimum absolute atomic E-state index is 0.140. The molecule has 4 N–H and O–H groups in total. The van der Waals surface area contributed by atoms with Gasteiger partial charge in [0.05, 0.1) is 29.8 Å². The summed E-state index contributed by atoms with van der Waals surface area (Å²) in [6, 6.07) is 1.73. The zero-order chi connectivity index (χ0) is 26.8. The first kappa shape index (κ1) is 26.6. The number of amides is 2. The number of morpholine rings is 1. The number of fused-ring (bicyclic) bond motifs is 1. The third-order valence-electron chi connectivity index (χ3n) is 5.61. The van der Waals surface area contributed by atoms with E-state index in [1.807, 2.05) is 4.90 Å². The molecule has 3 aromatic rings. The maximum Gasteiger partial charge on any atom is 0.418 e. The van der Waals surface area contributed by atoms with Crippen LogP contribution in [0.4, 0.5) is 32.4 Å². The van der Waals surface area contributed by atoms with E-state index in [0.29, 0.717) is 32.5 Å². The molecule has 0 aliphatic carbocycles. The molecular weight excluding hydrogens is 505 g/mol. The van der Waals surface area contributed by atoms with Crippen molar-refractivity contribution in [2.75, 3.05) is 44.7 Å². The zero-order valence-electron chi connectivity index (χ0n) is 19.6. The highest BCUT2D eigenvalue weighted by Gasteiger charge is 2.35. The molecule has 9 nitrogen and oxygen atoms in total. The number of carbonyl (C=O) groups excluding carboxylic acids is 1. The number of β-amino-alcohol motifs (C(OH)–C–C–N with tert-alkyl or cyclic N) is 1. The lowest BCUT2D eigenvalue weighted by Crippen LogP contribution is -2.51. The fraction of sp³-hybridized carbons (Fsp3) is 0.391. The molecule has 1 fully saturated rings. The number of aliphatic hydroxyl groups is 1. The van der Waals surface area contributed by atoms with Crippen LogP contribution in [-0.4, -0.2) is 71.0 Å². The molecule has 2 aromatic heterocycles. The first-order valence-electron chi connectivity index (χ1n) is 11.2. The van der Waals surface area contributed by atoms with Crippen molar-refractivity contribution in [3.63, 3.8) is 0 Å². The number of ether oxygens (including phenoxy) is 2. The maximum atomic E-state index is 14.7. The highest BCUT2D eigenvalue weighted by Crippen LogP contribution is 2.40. The number of carbonyl (C=O) groups is 1. The molecule has 1 saturated heterocycles. The molecule has 4 rings (SSSR count). The normalized spacial score (nSPS) is 16.4. The summed E-state index contributed by atoms with van der Waals surface area (Å²) in [5, 5.41) is 14.7. The summed E-state index contributed by atoms with van der Waals surface area (Å²) in [4.78, 5) is 20.3. The number of H-pyrrole nitrogens is 1. The SMILES string of the molecule is CC(O)(CNC(=O)Nc1cc(F)c(Oc2ccnc3[nH]cc(C(F)(F)F)c23)c(F)c1)CN1CCOCC1. The number of rotatable bonds is 7. The smallest absolute Gasteiger partial charge is 0.418 e. The van der Waals surface area contributed by atoms with E-state index in [1.165, 1.54) is 0 Å². The van der Waals surface area contributed by atoms with E-state index in [-0.39, 0.29) is 24.4 Å². The van der Waals surface area contributed by atoms with Crippen molar-refractivity contribution in [2.45, 2.75) is 18.7 Å². The average molecular weight is 529 g/mol. The number of aromatic nitrogens is 2. The molecule has 37 heavy (non-hydrogen) atoms. The number of benzene rings is 1. The largest absolute Gasteiger partial charge is 0.450 e. The number of hydrogen-bond acceptors (Lipinski definition) is 6. The van der Waals surface area contributed by atoms with Crippen molar-refractivity contribution in [1.29, 1.82) is 0 Å². The number of urea groups is 1. The Labute approximate surface area is 207 Å². The Morgan fingerprint density at radius 3 is 2.57 bits per heavy atom. The Kier molecular flexibility index (Phi) is 7.52. The maximum absolute atomic E-state index is 14.7. The van der Waals surface area contributed by atoms with Crippen LogP contribution < -0.4 is 15.4 Å². The van der Waals surface area contributed by atoms with Crippen LogP contribution in [0.2, 0.25) is 0 Å². The number of anilines is 1. The Bertz CT molecular complexity index is 1250. The fourth-order valence-corrected chi connectivity index (χ4v) is 3.92. The van der Waals surface area contributed by atoms with Crippen molar-refractivity contribution in [2.24, 2.45) is 0 Å². The van der Waals surface area contributed by atoms with Gasteiger partial charge in [0, 0.05) is 56.4 Å². The summed E-state index contributed by atoms with van der Waals surface area (Å²) in [6.45, 7) is 4.05. The van der Waals surface area contributed by atoms with Gasteiger partial charge in [-0.15, -0.1) is 0 Å². The quantitative estimate of drug-likeness (QED) is 0.346. The molecule has 1 unspecified atom stereocenters. The number of halogens is 5. The number of alkyl halides is 3. The summed E-state index contributed by atoms with van der Waals surface area (Å²) in [7, 11) is 0. The number of nitrogens with zero attached hydrogens (tertiary/aromatic N) is 2. The molecule has 3 heterocycles. The van der Waals surface area contributed by atoms with Crippen LogP contribution in [0.15, 0.2) is 30.6 Å². The minimum atomic E-state index is -4.76. The highest BCUT2D eigenvalue weighted by atomic mass is 19.4. The Morgan fingerprint density at radius 1 is 1.24 bits per heavy atom. The first-order valence-corrected chi connectivity index (χ1v) is 11.2. The lowest BCUT2D eigenvalue weighted by atomic mass is 10.1. The van der Waals surface area contributed by atoms with Crippen LogP contribution in [0.1, 0.15) is 12.5 Å². The Balaban J connectivity index is 1.43. The summed E-state index contributed by atoms with van der Waals surface area (Å²) in [5.74, 6) is -3.94. The van der Waals surface area contributed by atoms with Crippen LogP contribution >= 0.6 is 0 Å². The van der Waals surface area contributed by atoms with E-state index >= 15 is 0 Å². The zero-order valence-corrected chi connectivity index (χ0v) is 19.6. The van der Waals surface area contributed by atoms with Gasteiger partial charge >= 0.3 is 12.2 Å². The van der Waals surface area contributed by atoms with Gasteiger partial charge in [-0.2, -0.15) is 13.2 Å². The topological polar surface area (TPSA) is 112 Å². The van der Waals surface area contributed by atoms with Crippen LogP contribution in [-0.2, 0) is 10.9 Å². The molecule has 14 heteroatoms. The number of hydrogen-bond donors (Lipinski definition) is 4. The first-order chi connectivity index (χ1) is 17.4. The second kappa shape index (κ2) is 10.5. The van der Waals surface area contributed by atoms with Gasteiger partial charge in [-0.05, 0) is 13.0 Å². The van der Waals surface area contributed by atoms with Crippen LogP contribution in [0.25, 0.3) is 11.0 Å². The standard InChI is InChI=1S/C23H24F5N5O4/c1-22(35,12-33-4-6-36-7-5-33)11-31-21(34)32-13-8-15(24)19(16(25)9-13)37-17-2-3-29-20-18(17)14(10-30-20)23(26,27)28/h2-3,8-10,35H,4-7,11-12H2,1H3,(H,29,30)(H2,31,32,34). The third kappa shape index (κ3) is 6.45. The van der Waals surface area contributed by atoms with Gasteiger partial charge in [0.15, 0.2) is 17.4 Å². The summed E-state index contributed by atoms with van der Waals surface area (Å²) < 4.78 is 79.9. The molecule has 1 aliphatic heterocycles. The van der Waals surface area contributed by atoms with Crippen LogP contribution in [0.3, 0.4) is 0 Å². The van der Waals surface area contributed by atoms with Gasteiger partial charge in [-0.1, -0.05) is 0 Å². The van der Waals surface area contributed by atoms with Crippen molar-refractivity contribution in [3.05, 3.63) is 47.8 Å². The molecular formula is C23H24F5N5O4. The molecule has 200 valence electrons. The van der Waals surface area contributed by atoms with E-state index in [4.69, 9.17) is 9.47 Å². The number of pyridine rings is 1. The summed E-state index contributed by atoms with van der Waals surface area (Å²) in [6.07, 6.45) is -2.95. The van der Waals surface area contributed by atoms with E-state index < -0.39 is 51.9 Å². The van der Waals surface area contributed by atoms with E-state index in [1.54, 1.807) is 6.92 Å². The molecule has 0 saturated carbocycles. The molecule has 1 aromatic carbocycles. The molecule has 0 spiro atoms. The Morgan fingerprint density at radius 2 is 1.92 bits per heavy atom. The van der Waals surface area contributed by atoms with Gasteiger partial charge in [-0.25, -0.2) is 18.6 Å². The number of nitrogens with one attached hydrogen (secondary N) is 3. The third-order valence-corrected chi connectivity index (χ3v) is 5.61. The van der Waals surface area contributed by atoms with Gasteiger partial charge in [0.2, 0.25) is 0 Å². The van der Waals surface area contributed by atoms with E-state index in [0.717, 1.165) is 24.4 Å². The molecule has 2 amide bonds. The van der Waals surface area contributed by atoms with E-state index in [9.17, 15) is 31.9 Å². The second-order valence-corrected chi connectivity index (χ2v) is 8.80. The van der Waals surface area contributed by atoms with Gasteiger partial charge in [0.25, 0.3) is 0 Å². The molecule has 0 bridgehead atoms. The lowest BCUT2D eigenvalue weighted by molar-refractivity contribution is -0.136. The average Bonchev–Trinajstić information content (AvgIpc) is 3.26. The van der Waals surface area contributed by atoms with E-state index in [2.05, 4.69) is 20.6 Å². The number of aromatic amines is 1. The second-order valence-electron chi connectivity index (χ2n) is 8.80. The molecule has 1 aliphatic rings. The van der Waals surface area contributed by atoms with Gasteiger partial charge in [-0.3, -0.25) is 4.90 Å². The van der Waals surface area contributed by atoms with Gasteiger partial charge in [0.1, 0.15) is 11.4 Å². The van der Waals surface area contributed by atoms with Crippen LogP contribution in [0.5, 0.6) is 11.5 Å². The summed E-state index contributed by atoms with van der Waals surface area (Å²) >= 11 is 0. The highest BCUT2D eigenvalue weighted by molar-refractivity contribution is 5.89. The predicted molar refractivity (Wildman–Crippen MR) is 122 cm³/mol. The monoisotopic (exact) mass is 529 g/mol. The minimum Gasteiger partial charge on any atom is -0.450 e. The molecule has 1 atom stereocenters. The van der Waals surface area contributed by atoms with Crippen molar-refractivity contribution in [3.8, 4) is 11.5 Å². The van der Waals surface area contributed by atoms with Crippen molar-refractivity contribution >= 4 is 22.8 Å². The lowest BCUT2D eigenvalue weighted by Gasteiger charge is -2.33.